The Morgan fingerprint density at radius 2 is 2.14 bits per heavy atom. The summed E-state index contributed by atoms with van der Waals surface area (Å²) in [4.78, 5) is 10.6. The predicted molar refractivity (Wildman–Crippen MR) is 52.4 cm³/mol. The van der Waals surface area contributed by atoms with E-state index in [4.69, 9.17) is 10.4 Å². The molecule has 0 amide bonds. The molecule has 0 atom stereocenters. The third-order valence-electron chi connectivity index (χ3n) is 1.84. The van der Waals surface area contributed by atoms with E-state index in [1.54, 1.807) is 18.2 Å². The smallest absolute Gasteiger partial charge is 0.346 e. The first-order valence-electron chi connectivity index (χ1n) is 4.06. The first-order chi connectivity index (χ1) is 6.65. The van der Waals surface area contributed by atoms with Crippen molar-refractivity contribution in [2.45, 2.75) is 6.92 Å². The van der Waals surface area contributed by atoms with Crippen molar-refractivity contribution in [1.29, 1.82) is 5.26 Å². The number of hydrogen-bond acceptors (Lipinski definition) is 2. The van der Waals surface area contributed by atoms with Crippen LogP contribution in [0.1, 0.15) is 11.1 Å². The van der Waals surface area contributed by atoms with E-state index in [0.717, 1.165) is 11.1 Å². The van der Waals surface area contributed by atoms with E-state index in [1.165, 1.54) is 6.08 Å². The van der Waals surface area contributed by atoms with Crippen LogP contribution in [0.15, 0.2) is 29.8 Å². The van der Waals surface area contributed by atoms with Crippen molar-refractivity contribution >= 4 is 12.0 Å². The van der Waals surface area contributed by atoms with Crippen LogP contribution in [0.5, 0.6) is 0 Å². The highest BCUT2D eigenvalue weighted by Gasteiger charge is 2.05. The van der Waals surface area contributed by atoms with Gasteiger partial charge in [-0.25, -0.2) is 4.79 Å². The molecule has 0 aliphatic heterocycles. The van der Waals surface area contributed by atoms with Crippen LogP contribution in [0.25, 0.3) is 6.08 Å². The van der Waals surface area contributed by atoms with Gasteiger partial charge in [-0.15, -0.1) is 0 Å². The van der Waals surface area contributed by atoms with Crippen molar-refractivity contribution < 1.29 is 9.90 Å². The zero-order chi connectivity index (χ0) is 10.6. The molecule has 0 fully saturated rings. The van der Waals surface area contributed by atoms with Crippen molar-refractivity contribution in [2.24, 2.45) is 0 Å². The summed E-state index contributed by atoms with van der Waals surface area (Å²) in [6.07, 6.45) is 1.37. The Bertz CT molecular complexity index is 427. The second-order valence-corrected chi connectivity index (χ2v) is 2.83. The molecule has 0 spiro atoms. The summed E-state index contributed by atoms with van der Waals surface area (Å²) in [7, 11) is 0. The highest BCUT2D eigenvalue weighted by atomic mass is 16.4. The molecule has 14 heavy (non-hydrogen) atoms. The number of carboxylic acids is 1. The molecule has 1 N–H and O–H groups in total. The summed E-state index contributed by atoms with van der Waals surface area (Å²) >= 11 is 0. The summed E-state index contributed by atoms with van der Waals surface area (Å²) in [6, 6.07) is 8.94. The predicted octanol–water partition coefficient (Wildman–Crippen LogP) is 1.99. The third-order valence-corrected chi connectivity index (χ3v) is 1.84. The molecule has 0 saturated carbocycles. The van der Waals surface area contributed by atoms with Gasteiger partial charge in [-0.2, -0.15) is 5.26 Å². The molecule has 0 aromatic heterocycles. The quantitative estimate of drug-likeness (QED) is 0.568. The summed E-state index contributed by atoms with van der Waals surface area (Å²) in [6.45, 7) is 1.86. The first kappa shape index (κ1) is 10.0. The highest BCUT2D eigenvalue weighted by Crippen LogP contribution is 2.11. The fraction of sp³-hybridized carbons (Fsp3) is 0.0909. The Morgan fingerprint density at radius 3 is 2.64 bits per heavy atom. The van der Waals surface area contributed by atoms with Gasteiger partial charge in [0.25, 0.3) is 0 Å². The zero-order valence-corrected chi connectivity index (χ0v) is 7.69. The lowest BCUT2D eigenvalue weighted by atomic mass is 10.1. The number of aryl methyl sites for hydroxylation is 1. The minimum Gasteiger partial charge on any atom is -0.477 e. The molecule has 0 aliphatic carbocycles. The van der Waals surface area contributed by atoms with Gasteiger partial charge >= 0.3 is 5.97 Å². The van der Waals surface area contributed by atoms with Gasteiger partial charge in [0.2, 0.25) is 0 Å². The van der Waals surface area contributed by atoms with Crippen LogP contribution < -0.4 is 0 Å². The standard InChI is InChI=1S/C11H9NO2/c1-8-4-2-3-5-9(8)6-10(7-12)11(13)14/h2-6H,1H3,(H,13,14). The van der Waals surface area contributed by atoms with E-state index < -0.39 is 5.97 Å². The van der Waals surface area contributed by atoms with E-state index in [2.05, 4.69) is 0 Å². The number of aliphatic carboxylic acids is 1. The van der Waals surface area contributed by atoms with E-state index in [9.17, 15) is 4.79 Å². The molecule has 0 heterocycles. The van der Waals surface area contributed by atoms with Crippen LogP contribution in [-0.2, 0) is 4.79 Å². The van der Waals surface area contributed by atoms with Gasteiger partial charge < -0.3 is 5.11 Å². The Balaban J connectivity index is 3.15. The largest absolute Gasteiger partial charge is 0.477 e. The Morgan fingerprint density at radius 1 is 1.50 bits per heavy atom. The van der Waals surface area contributed by atoms with Gasteiger partial charge in [-0.3, -0.25) is 0 Å². The molecule has 0 unspecified atom stereocenters. The summed E-state index contributed by atoms with van der Waals surface area (Å²) in [5, 5.41) is 17.2. The molecule has 0 radical (unpaired) electrons. The zero-order valence-electron chi connectivity index (χ0n) is 7.69. The Hall–Kier alpha value is -2.08. The summed E-state index contributed by atoms with van der Waals surface area (Å²) in [5.41, 5.74) is 1.45. The third kappa shape index (κ3) is 2.20. The fourth-order valence-electron chi connectivity index (χ4n) is 1.05. The molecule has 1 rings (SSSR count). The number of rotatable bonds is 2. The maximum Gasteiger partial charge on any atom is 0.346 e. The van der Waals surface area contributed by atoms with Crippen molar-refractivity contribution in [1.82, 2.24) is 0 Å². The average Bonchev–Trinajstić information content (AvgIpc) is 2.16. The number of nitrogens with zero attached hydrogens (tertiary/aromatic N) is 1. The van der Waals surface area contributed by atoms with Crippen LogP contribution in [0.3, 0.4) is 0 Å². The van der Waals surface area contributed by atoms with E-state index in [1.807, 2.05) is 19.1 Å². The average molecular weight is 187 g/mol. The van der Waals surface area contributed by atoms with Crippen LogP contribution in [0, 0.1) is 18.3 Å². The van der Waals surface area contributed by atoms with Crippen molar-refractivity contribution in [2.75, 3.05) is 0 Å². The maximum atomic E-state index is 10.6. The lowest BCUT2D eigenvalue weighted by molar-refractivity contribution is -0.132. The van der Waals surface area contributed by atoms with E-state index >= 15 is 0 Å². The monoisotopic (exact) mass is 187 g/mol. The Kier molecular flexibility index (Phi) is 3.03. The first-order valence-corrected chi connectivity index (χ1v) is 4.06. The maximum absolute atomic E-state index is 10.6. The number of nitriles is 1. The molecule has 0 bridgehead atoms. The lowest BCUT2D eigenvalue weighted by Crippen LogP contribution is -1.97. The minimum absolute atomic E-state index is 0.251. The Labute approximate surface area is 81.9 Å². The number of hydrogen-bond donors (Lipinski definition) is 1. The molecule has 70 valence electrons. The highest BCUT2D eigenvalue weighted by molar-refractivity contribution is 5.96. The van der Waals surface area contributed by atoms with E-state index in [0.29, 0.717) is 0 Å². The molecular weight excluding hydrogens is 178 g/mol. The fourth-order valence-corrected chi connectivity index (χ4v) is 1.05. The number of benzene rings is 1. The van der Waals surface area contributed by atoms with Crippen LogP contribution in [0.2, 0.25) is 0 Å². The summed E-state index contributed by atoms with van der Waals surface area (Å²) in [5.74, 6) is -1.20. The van der Waals surface area contributed by atoms with Gasteiger partial charge in [-0.1, -0.05) is 24.3 Å². The van der Waals surface area contributed by atoms with E-state index in [-0.39, 0.29) is 5.57 Å². The van der Waals surface area contributed by atoms with Gasteiger partial charge in [0.1, 0.15) is 11.6 Å². The second kappa shape index (κ2) is 4.24. The molecule has 1 aromatic rings. The van der Waals surface area contributed by atoms with Crippen LogP contribution in [-0.4, -0.2) is 11.1 Å². The van der Waals surface area contributed by atoms with Gasteiger partial charge in [0.15, 0.2) is 0 Å². The normalized spacial score (nSPS) is 10.7. The van der Waals surface area contributed by atoms with Crippen molar-refractivity contribution in [3.8, 4) is 6.07 Å². The van der Waals surface area contributed by atoms with Gasteiger partial charge in [0.05, 0.1) is 0 Å². The molecule has 3 nitrogen and oxygen atoms in total. The second-order valence-electron chi connectivity index (χ2n) is 2.83. The van der Waals surface area contributed by atoms with Crippen molar-refractivity contribution in [3.05, 3.63) is 41.0 Å². The van der Waals surface area contributed by atoms with Crippen LogP contribution in [0.4, 0.5) is 0 Å². The molecular formula is C11H9NO2. The molecule has 0 saturated heterocycles. The lowest BCUT2D eigenvalue weighted by Gasteiger charge is -1.98. The number of carboxylic acid groups (broad SMARTS) is 1. The summed E-state index contributed by atoms with van der Waals surface area (Å²) < 4.78 is 0. The molecule has 1 aromatic carbocycles. The minimum atomic E-state index is -1.20. The van der Waals surface area contributed by atoms with Crippen LogP contribution >= 0.6 is 0 Å². The van der Waals surface area contributed by atoms with Gasteiger partial charge in [-0.05, 0) is 24.1 Å². The van der Waals surface area contributed by atoms with Gasteiger partial charge in [0, 0.05) is 0 Å². The topological polar surface area (TPSA) is 61.1 Å². The van der Waals surface area contributed by atoms with Crippen molar-refractivity contribution in [3.63, 3.8) is 0 Å². The SMILES string of the molecule is Cc1ccccc1C=C(C#N)C(=O)O. The molecule has 3 heteroatoms. The molecule has 0 aliphatic rings. The number of carbonyl (C=O) groups is 1.